The lowest BCUT2D eigenvalue weighted by Crippen LogP contribution is -2.17. The molecule has 1 aromatic carbocycles. The maximum Gasteiger partial charge on any atom is 0.0648 e. The number of hydrogen-bond acceptors (Lipinski definition) is 2. The number of aromatic nitrogens is 2. The number of fused-ring (bicyclic) bond motifs is 1. The fourth-order valence-electron chi connectivity index (χ4n) is 2.63. The Morgan fingerprint density at radius 2 is 1.95 bits per heavy atom. The van der Waals surface area contributed by atoms with Gasteiger partial charge in [0.2, 0.25) is 0 Å². The Kier molecular flexibility index (Phi) is 3.52. The van der Waals surface area contributed by atoms with Gasteiger partial charge in [0, 0.05) is 29.3 Å². The average Bonchev–Trinajstić information content (AvgIpc) is 2.78. The van der Waals surface area contributed by atoms with Gasteiger partial charge in [0.05, 0.1) is 12.2 Å². The lowest BCUT2D eigenvalue weighted by atomic mass is 10.1. The summed E-state index contributed by atoms with van der Waals surface area (Å²) in [6, 6.07) is 14.7. The average molecular weight is 265 g/mol. The summed E-state index contributed by atoms with van der Waals surface area (Å²) < 4.78 is 2.26. The molecule has 0 bridgehead atoms. The van der Waals surface area contributed by atoms with Gasteiger partial charge < -0.3 is 10.3 Å². The largest absolute Gasteiger partial charge is 0.341 e. The normalized spacial score (nSPS) is 12.7. The van der Waals surface area contributed by atoms with Gasteiger partial charge in [0.15, 0.2) is 0 Å². The van der Waals surface area contributed by atoms with Crippen LogP contribution in [0.5, 0.6) is 0 Å². The molecule has 3 rings (SSSR count). The second-order valence-electron chi connectivity index (χ2n) is 5.30. The fraction of sp³-hybridized carbons (Fsp3) is 0.235. The zero-order chi connectivity index (χ0) is 13.9. The monoisotopic (exact) mass is 265 g/mol. The number of hydrogen-bond donors (Lipinski definition) is 1. The van der Waals surface area contributed by atoms with E-state index in [1.54, 1.807) is 0 Å². The first kappa shape index (κ1) is 12.9. The van der Waals surface area contributed by atoms with Crippen LogP contribution in [0, 0.1) is 0 Å². The van der Waals surface area contributed by atoms with E-state index in [-0.39, 0.29) is 6.04 Å². The van der Waals surface area contributed by atoms with Crippen molar-refractivity contribution in [2.45, 2.75) is 25.9 Å². The van der Waals surface area contributed by atoms with Crippen LogP contribution in [0.2, 0.25) is 0 Å². The van der Waals surface area contributed by atoms with E-state index in [4.69, 9.17) is 5.73 Å². The predicted molar refractivity (Wildman–Crippen MR) is 82.6 cm³/mol. The maximum atomic E-state index is 5.96. The molecule has 102 valence electrons. The molecule has 0 radical (unpaired) electrons. The molecule has 0 saturated heterocycles. The molecule has 20 heavy (non-hydrogen) atoms. The van der Waals surface area contributed by atoms with Crippen molar-refractivity contribution in [2.75, 3.05) is 0 Å². The summed E-state index contributed by atoms with van der Waals surface area (Å²) in [5, 5.41) is 1.29. The van der Waals surface area contributed by atoms with Crippen LogP contribution in [0.25, 0.3) is 10.9 Å². The smallest absolute Gasteiger partial charge is 0.0648 e. The molecular formula is C17H19N3. The van der Waals surface area contributed by atoms with E-state index < -0.39 is 0 Å². The van der Waals surface area contributed by atoms with Gasteiger partial charge in [-0.2, -0.15) is 0 Å². The topological polar surface area (TPSA) is 43.8 Å². The molecule has 3 nitrogen and oxygen atoms in total. The zero-order valence-electron chi connectivity index (χ0n) is 11.7. The highest BCUT2D eigenvalue weighted by Crippen LogP contribution is 2.23. The summed E-state index contributed by atoms with van der Waals surface area (Å²) in [5.74, 6) is 0. The van der Waals surface area contributed by atoms with Crippen molar-refractivity contribution in [1.82, 2.24) is 9.55 Å². The molecule has 0 saturated carbocycles. The van der Waals surface area contributed by atoms with Crippen molar-refractivity contribution in [2.24, 2.45) is 5.73 Å². The van der Waals surface area contributed by atoms with Crippen LogP contribution in [0.3, 0.4) is 0 Å². The summed E-state index contributed by atoms with van der Waals surface area (Å²) in [5.41, 5.74) is 9.58. The van der Waals surface area contributed by atoms with Crippen molar-refractivity contribution in [3.8, 4) is 0 Å². The van der Waals surface area contributed by atoms with Crippen LogP contribution in [-0.4, -0.2) is 15.6 Å². The lowest BCUT2D eigenvalue weighted by molar-refractivity contribution is 0.733. The summed E-state index contributed by atoms with van der Waals surface area (Å²) in [6.07, 6.45) is 4.95. The van der Waals surface area contributed by atoms with Gasteiger partial charge in [0.25, 0.3) is 0 Å². The third-order valence-corrected chi connectivity index (χ3v) is 3.47. The second kappa shape index (κ2) is 5.47. The Labute approximate surface area is 119 Å². The number of para-hydroxylation sites is 1. The molecule has 0 aliphatic rings. The second-order valence-corrected chi connectivity index (χ2v) is 5.30. The quantitative estimate of drug-likeness (QED) is 0.788. The number of nitrogens with zero attached hydrogens (tertiary/aromatic N) is 2. The highest BCUT2D eigenvalue weighted by molar-refractivity contribution is 5.84. The molecule has 0 amide bonds. The van der Waals surface area contributed by atoms with E-state index >= 15 is 0 Å². The minimum atomic E-state index is 0.170. The minimum Gasteiger partial charge on any atom is -0.341 e. The van der Waals surface area contributed by atoms with Crippen LogP contribution in [-0.2, 0) is 13.0 Å². The first-order valence-electron chi connectivity index (χ1n) is 6.96. The highest BCUT2D eigenvalue weighted by atomic mass is 15.0. The molecule has 3 heteroatoms. The Bertz CT molecular complexity index is 699. The molecule has 0 fully saturated rings. The van der Waals surface area contributed by atoms with Crippen LogP contribution in [0.4, 0.5) is 0 Å². The van der Waals surface area contributed by atoms with Gasteiger partial charge >= 0.3 is 0 Å². The van der Waals surface area contributed by atoms with E-state index in [0.717, 1.165) is 18.7 Å². The van der Waals surface area contributed by atoms with E-state index in [1.807, 2.05) is 25.3 Å². The van der Waals surface area contributed by atoms with Gasteiger partial charge in [-0.1, -0.05) is 24.3 Å². The summed E-state index contributed by atoms with van der Waals surface area (Å²) in [6.45, 7) is 2.84. The van der Waals surface area contributed by atoms with E-state index in [1.165, 1.54) is 16.5 Å². The van der Waals surface area contributed by atoms with Gasteiger partial charge in [-0.3, -0.25) is 4.98 Å². The van der Waals surface area contributed by atoms with Crippen LogP contribution >= 0.6 is 0 Å². The Balaban J connectivity index is 2.02. The molecule has 1 atom stereocenters. The maximum absolute atomic E-state index is 5.96. The van der Waals surface area contributed by atoms with Crippen LogP contribution < -0.4 is 5.73 Å². The summed E-state index contributed by atoms with van der Waals surface area (Å²) >= 11 is 0. The van der Waals surface area contributed by atoms with Crippen molar-refractivity contribution in [3.63, 3.8) is 0 Å². The number of pyridine rings is 1. The predicted octanol–water partition coefficient (Wildman–Crippen LogP) is 2.97. The zero-order valence-corrected chi connectivity index (χ0v) is 11.7. The molecule has 0 spiro atoms. The molecule has 3 aromatic rings. The molecular weight excluding hydrogens is 246 g/mol. The molecule has 2 N–H and O–H groups in total. The SMILES string of the molecule is CC(N)Cc1cn(Cc2ccccn2)c2ccccc12. The van der Waals surface area contributed by atoms with Crippen molar-refractivity contribution in [3.05, 3.63) is 66.1 Å². The number of rotatable bonds is 4. The third kappa shape index (κ3) is 2.58. The number of benzene rings is 1. The Morgan fingerprint density at radius 3 is 2.70 bits per heavy atom. The first-order chi connectivity index (χ1) is 9.74. The van der Waals surface area contributed by atoms with Crippen molar-refractivity contribution >= 4 is 10.9 Å². The minimum absolute atomic E-state index is 0.170. The lowest BCUT2D eigenvalue weighted by Gasteiger charge is -2.04. The fourth-order valence-corrected chi connectivity index (χ4v) is 2.63. The Hall–Kier alpha value is -2.13. The molecule has 2 heterocycles. The third-order valence-electron chi connectivity index (χ3n) is 3.47. The van der Waals surface area contributed by atoms with E-state index in [0.29, 0.717) is 0 Å². The summed E-state index contributed by atoms with van der Waals surface area (Å²) in [7, 11) is 0. The van der Waals surface area contributed by atoms with Crippen LogP contribution in [0.1, 0.15) is 18.2 Å². The first-order valence-corrected chi connectivity index (χ1v) is 6.96. The molecule has 0 aliphatic heterocycles. The van der Waals surface area contributed by atoms with E-state index in [2.05, 4.69) is 46.1 Å². The van der Waals surface area contributed by atoms with Crippen LogP contribution in [0.15, 0.2) is 54.9 Å². The van der Waals surface area contributed by atoms with Gasteiger partial charge in [-0.05, 0) is 37.1 Å². The van der Waals surface area contributed by atoms with E-state index in [9.17, 15) is 0 Å². The van der Waals surface area contributed by atoms with Gasteiger partial charge in [-0.25, -0.2) is 0 Å². The Morgan fingerprint density at radius 1 is 1.15 bits per heavy atom. The van der Waals surface area contributed by atoms with Crippen molar-refractivity contribution in [1.29, 1.82) is 0 Å². The van der Waals surface area contributed by atoms with Gasteiger partial charge in [0.1, 0.15) is 0 Å². The van der Waals surface area contributed by atoms with Gasteiger partial charge in [-0.15, -0.1) is 0 Å². The van der Waals surface area contributed by atoms with Crippen molar-refractivity contribution < 1.29 is 0 Å². The summed E-state index contributed by atoms with van der Waals surface area (Å²) in [4.78, 5) is 4.41. The highest BCUT2D eigenvalue weighted by Gasteiger charge is 2.10. The molecule has 1 unspecified atom stereocenters. The number of nitrogens with two attached hydrogens (primary N) is 1. The standard InChI is InChI=1S/C17H19N3/c1-13(18)10-14-11-20(12-15-6-4-5-9-19-15)17-8-3-2-7-16(14)17/h2-9,11,13H,10,12,18H2,1H3. The molecule has 2 aromatic heterocycles. The molecule has 0 aliphatic carbocycles.